The molecule has 3 rings (SSSR count). The molecule has 2 aromatic rings. The van der Waals surface area contributed by atoms with Gasteiger partial charge in [0.2, 0.25) is 0 Å². The van der Waals surface area contributed by atoms with Crippen LogP contribution in [0, 0.1) is 11.3 Å². The zero-order valence-corrected chi connectivity index (χ0v) is 11.9. The van der Waals surface area contributed by atoms with Crippen molar-refractivity contribution >= 4 is 23.2 Å². The Labute approximate surface area is 128 Å². The van der Waals surface area contributed by atoms with Crippen LogP contribution in [0.15, 0.2) is 42.6 Å². The smallest absolute Gasteiger partial charge is 0.321 e. The quantitative estimate of drug-likeness (QED) is 0.911. The fraction of sp³-hybridized carbons (Fsp3) is 0.188. The van der Waals surface area contributed by atoms with Gasteiger partial charge in [-0.1, -0.05) is 6.07 Å². The Balaban J connectivity index is 1.78. The van der Waals surface area contributed by atoms with E-state index in [0.29, 0.717) is 17.9 Å². The third-order valence-electron chi connectivity index (χ3n) is 3.40. The monoisotopic (exact) mass is 293 g/mol. The van der Waals surface area contributed by atoms with Crippen LogP contribution >= 0.6 is 0 Å². The van der Waals surface area contributed by atoms with E-state index in [9.17, 15) is 4.79 Å². The number of carbonyl (C=O) groups excluding carboxylic acids is 1. The lowest BCUT2D eigenvalue weighted by Gasteiger charge is -2.27. The topological polar surface area (TPSA) is 81.0 Å². The Kier molecular flexibility index (Phi) is 3.88. The molecule has 6 heteroatoms. The van der Waals surface area contributed by atoms with E-state index >= 15 is 0 Å². The number of benzene rings is 1. The molecule has 0 atom stereocenters. The fourth-order valence-corrected chi connectivity index (χ4v) is 2.31. The van der Waals surface area contributed by atoms with Gasteiger partial charge in [0.05, 0.1) is 5.56 Å². The zero-order valence-electron chi connectivity index (χ0n) is 11.9. The SMILES string of the molecule is N#Cc1ccc(Nc2cccc(N3CCCNC3=O)c2)nc1. The van der Waals surface area contributed by atoms with Crippen LogP contribution in [0.1, 0.15) is 12.0 Å². The van der Waals surface area contributed by atoms with E-state index in [4.69, 9.17) is 5.26 Å². The number of pyridine rings is 1. The van der Waals surface area contributed by atoms with E-state index < -0.39 is 0 Å². The summed E-state index contributed by atoms with van der Waals surface area (Å²) in [5, 5.41) is 14.8. The molecule has 6 nitrogen and oxygen atoms in total. The molecule has 1 fully saturated rings. The highest BCUT2D eigenvalue weighted by molar-refractivity contribution is 5.93. The Bertz CT molecular complexity index is 720. The largest absolute Gasteiger partial charge is 0.340 e. The van der Waals surface area contributed by atoms with Crippen molar-refractivity contribution in [1.82, 2.24) is 10.3 Å². The maximum atomic E-state index is 11.9. The zero-order chi connectivity index (χ0) is 15.4. The predicted octanol–water partition coefficient (Wildman–Crippen LogP) is 2.62. The predicted molar refractivity (Wildman–Crippen MR) is 84.0 cm³/mol. The minimum atomic E-state index is -0.0695. The molecule has 22 heavy (non-hydrogen) atoms. The van der Waals surface area contributed by atoms with Gasteiger partial charge in [-0.05, 0) is 36.8 Å². The van der Waals surface area contributed by atoms with Crippen molar-refractivity contribution in [1.29, 1.82) is 5.26 Å². The number of nitriles is 1. The van der Waals surface area contributed by atoms with Gasteiger partial charge in [0.25, 0.3) is 0 Å². The lowest BCUT2D eigenvalue weighted by atomic mass is 10.2. The highest BCUT2D eigenvalue weighted by Crippen LogP contribution is 2.23. The molecule has 1 aliphatic rings. The van der Waals surface area contributed by atoms with Crippen molar-refractivity contribution in [2.75, 3.05) is 23.3 Å². The molecule has 0 saturated carbocycles. The third kappa shape index (κ3) is 2.99. The number of nitrogens with one attached hydrogen (secondary N) is 2. The minimum absolute atomic E-state index is 0.0695. The number of nitrogens with zero attached hydrogens (tertiary/aromatic N) is 3. The van der Waals surface area contributed by atoms with Gasteiger partial charge in [-0.2, -0.15) is 5.26 Å². The summed E-state index contributed by atoms with van der Waals surface area (Å²) < 4.78 is 0. The summed E-state index contributed by atoms with van der Waals surface area (Å²) in [5.74, 6) is 0.652. The summed E-state index contributed by atoms with van der Waals surface area (Å²) >= 11 is 0. The second kappa shape index (κ2) is 6.14. The molecule has 1 saturated heterocycles. The van der Waals surface area contributed by atoms with E-state index in [-0.39, 0.29) is 6.03 Å². The van der Waals surface area contributed by atoms with Crippen molar-refractivity contribution in [3.63, 3.8) is 0 Å². The van der Waals surface area contributed by atoms with Crippen molar-refractivity contribution in [2.45, 2.75) is 6.42 Å². The standard InChI is InChI=1S/C16H15N5O/c17-10-12-5-6-15(19-11-12)20-13-3-1-4-14(9-13)21-8-2-7-18-16(21)22/h1,3-6,9,11H,2,7-8H2,(H,18,22)(H,19,20). The minimum Gasteiger partial charge on any atom is -0.340 e. The summed E-state index contributed by atoms with van der Waals surface area (Å²) in [6, 6.07) is 13.0. The normalized spacial score (nSPS) is 14.1. The summed E-state index contributed by atoms with van der Waals surface area (Å²) in [5.41, 5.74) is 2.20. The first kappa shape index (κ1) is 13.9. The second-order valence-corrected chi connectivity index (χ2v) is 4.96. The molecule has 110 valence electrons. The van der Waals surface area contributed by atoms with Crippen LogP contribution in [0.4, 0.5) is 22.0 Å². The molecule has 0 radical (unpaired) electrons. The Morgan fingerprint density at radius 1 is 1.32 bits per heavy atom. The summed E-state index contributed by atoms with van der Waals surface area (Å²) in [6.45, 7) is 1.44. The van der Waals surface area contributed by atoms with Crippen LogP contribution < -0.4 is 15.5 Å². The molecular formula is C16H15N5O. The van der Waals surface area contributed by atoms with E-state index in [1.165, 1.54) is 6.20 Å². The van der Waals surface area contributed by atoms with E-state index in [1.54, 1.807) is 17.0 Å². The van der Waals surface area contributed by atoms with Gasteiger partial charge in [0.15, 0.2) is 0 Å². The first-order chi connectivity index (χ1) is 10.8. The molecule has 0 aliphatic carbocycles. The average Bonchev–Trinajstić information content (AvgIpc) is 2.56. The number of anilines is 3. The number of hydrogen-bond donors (Lipinski definition) is 2. The van der Waals surface area contributed by atoms with Crippen molar-refractivity contribution in [2.24, 2.45) is 0 Å². The number of urea groups is 1. The molecule has 0 bridgehead atoms. The highest BCUT2D eigenvalue weighted by Gasteiger charge is 2.19. The number of rotatable bonds is 3. The van der Waals surface area contributed by atoms with E-state index in [0.717, 1.165) is 24.3 Å². The first-order valence-corrected chi connectivity index (χ1v) is 7.05. The highest BCUT2D eigenvalue weighted by atomic mass is 16.2. The summed E-state index contributed by atoms with van der Waals surface area (Å²) in [4.78, 5) is 17.8. The lowest BCUT2D eigenvalue weighted by Crippen LogP contribution is -2.46. The Morgan fingerprint density at radius 3 is 2.95 bits per heavy atom. The van der Waals surface area contributed by atoms with Crippen LogP contribution in [-0.2, 0) is 0 Å². The van der Waals surface area contributed by atoms with Crippen LogP contribution in [0.2, 0.25) is 0 Å². The van der Waals surface area contributed by atoms with Gasteiger partial charge in [-0.15, -0.1) is 0 Å². The molecule has 1 aliphatic heterocycles. The van der Waals surface area contributed by atoms with Crippen molar-refractivity contribution in [3.05, 3.63) is 48.2 Å². The molecular weight excluding hydrogens is 278 g/mol. The molecule has 0 unspecified atom stereocenters. The van der Waals surface area contributed by atoms with Gasteiger partial charge in [-0.25, -0.2) is 9.78 Å². The first-order valence-electron chi connectivity index (χ1n) is 7.05. The number of hydrogen-bond acceptors (Lipinski definition) is 4. The maximum absolute atomic E-state index is 11.9. The van der Waals surface area contributed by atoms with E-state index in [2.05, 4.69) is 15.6 Å². The molecule has 2 N–H and O–H groups in total. The van der Waals surface area contributed by atoms with Crippen LogP contribution in [0.25, 0.3) is 0 Å². The molecule has 2 heterocycles. The number of amides is 2. The number of aromatic nitrogens is 1. The Hall–Kier alpha value is -3.07. The second-order valence-electron chi connectivity index (χ2n) is 4.96. The van der Waals surface area contributed by atoms with Crippen molar-refractivity contribution in [3.8, 4) is 6.07 Å². The van der Waals surface area contributed by atoms with Gasteiger partial charge in [-0.3, -0.25) is 4.90 Å². The van der Waals surface area contributed by atoms with Crippen LogP contribution in [-0.4, -0.2) is 24.1 Å². The fourth-order valence-electron chi connectivity index (χ4n) is 2.31. The molecule has 2 amide bonds. The van der Waals surface area contributed by atoms with Crippen LogP contribution in [0.3, 0.4) is 0 Å². The number of carbonyl (C=O) groups is 1. The molecule has 0 spiro atoms. The molecule has 1 aromatic heterocycles. The Morgan fingerprint density at radius 2 is 2.23 bits per heavy atom. The lowest BCUT2D eigenvalue weighted by molar-refractivity contribution is 0.243. The summed E-state index contributed by atoms with van der Waals surface area (Å²) in [7, 11) is 0. The van der Waals surface area contributed by atoms with Crippen molar-refractivity contribution < 1.29 is 4.79 Å². The average molecular weight is 293 g/mol. The van der Waals surface area contributed by atoms with Gasteiger partial charge >= 0.3 is 6.03 Å². The van der Waals surface area contributed by atoms with Gasteiger partial charge in [0, 0.05) is 30.7 Å². The third-order valence-corrected chi connectivity index (χ3v) is 3.40. The molecule has 1 aromatic carbocycles. The maximum Gasteiger partial charge on any atom is 0.321 e. The van der Waals surface area contributed by atoms with Gasteiger partial charge in [0.1, 0.15) is 11.9 Å². The van der Waals surface area contributed by atoms with E-state index in [1.807, 2.05) is 30.3 Å². The summed E-state index contributed by atoms with van der Waals surface area (Å²) in [6.07, 6.45) is 2.45. The van der Waals surface area contributed by atoms with Gasteiger partial charge < -0.3 is 10.6 Å². The van der Waals surface area contributed by atoms with Crippen LogP contribution in [0.5, 0.6) is 0 Å².